The van der Waals surface area contributed by atoms with Crippen LogP contribution in [0.25, 0.3) is 0 Å². The zero-order valence-electron chi connectivity index (χ0n) is 14.0. The van der Waals surface area contributed by atoms with Gasteiger partial charge in [-0.1, -0.05) is 6.92 Å². The fourth-order valence-electron chi connectivity index (χ4n) is 2.96. The first-order valence-electron chi connectivity index (χ1n) is 8.01. The van der Waals surface area contributed by atoms with Gasteiger partial charge in [0.25, 0.3) is 5.91 Å². The molecule has 0 spiro atoms. The molecule has 0 aliphatic carbocycles. The van der Waals surface area contributed by atoms with Gasteiger partial charge in [-0.3, -0.25) is 9.69 Å². The summed E-state index contributed by atoms with van der Waals surface area (Å²) in [7, 11) is -0.522. The number of nitrogens with one attached hydrogen (secondary N) is 2. The molecule has 1 aliphatic rings. The molecule has 0 radical (unpaired) electrons. The molecule has 1 unspecified atom stereocenters. The Morgan fingerprint density at radius 1 is 1.35 bits per heavy atom. The summed E-state index contributed by atoms with van der Waals surface area (Å²) in [5, 5.41) is 2.93. The molecule has 2 rings (SSSR count). The molecule has 130 valence electrons. The van der Waals surface area contributed by atoms with E-state index in [9.17, 15) is 13.2 Å². The smallest absolute Gasteiger partial charge is 0.267 e. The number of carbonyl (C=O) groups excluding carboxylic acids is 1. The average molecular weight is 342 g/mol. The summed E-state index contributed by atoms with van der Waals surface area (Å²) in [4.78, 5) is 14.9. The monoisotopic (exact) mass is 342 g/mol. The molecule has 1 amide bonds. The number of nitrogens with zero attached hydrogens (tertiary/aromatic N) is 2. The fourth-order valence-corrected chi connectivity index (χ4v) is 3.76. The lowest BCUT2D eigenvalue weighted by Crippen LogP contribution is -2.42. The minimum atomic E-state index is -3.54. The Bertz CT molecular complexity index is 648. The summed E-state index contributed by atoms with van der Waals surface area (Å²) in [5.41, 5.74) is 0.343. The number of likely N-dealkylation sites (tertiary alicyclic amines) is 1. The van der Waals surface area contributed by atoms with Crippen molar-refractivity contribution in [2.75, 3.05) is 26.7 Å². The van der Waals surface area contributed by atoms with E-state index in [2.05, 4.69) is 21.9 Å². The average Bonchev–Trinajstić information content (AvgIpc) is 3.17. The number of rotatable bonds is 7. The second kappa shape index (κ2) is 7.46. The molecule has 1 saturated heterocycles. The van der Waals surface area contributed by atoms with Gasteiger partial charge in [0.1, 0.15) is 10.6 Å². The number of hydrogen-bond donors (Lipinski definition) is 2. The van der Waals surface area contributed by atoms with E-state index in [1.165, 1.54) is 36.7 Å². The van der Waals surface area contributed by atoms with Crippen molar-refractivity contribution in [2.24, 2.45) is 7.05 Å². The first-order chi connectivity index (χ1) is 10.9. The van der Waals surface area contributed by atoms with Crippen molar-refractivity contribution in [2.45, 2.75) is 37.1 Å². The summed E-state index contributed by atoms with van der Waals surface area (Å²) in [6.45, 7) is 4.87. The van der Waals surface area contributed by atoms with E-state index >= 15 is 0 Å². The van der Waals surface area contributed by atoms with Crippen LogP contribution in [0.1, 0.15) is 36.7 Å². The topological polar surface area (TPSA) is 83.4 Å². The van der Waals surface area contributed by atoms with Crippen molar-refractivity contribution in [1.82, 2.24) is 19.5 Å². The first-order valence-corrected chi connectivity index (χ1v) is 9.49. The predicted octanol–water partition coefficient (Wildman–Crippen LogP) is 0.537. The maximum atomic E-state index is 12.4. The van der Waals surface area contributed by atoms with Crippen LogP contribution in [0.3, 0.4) is 0 Å². The number of carbonyl (C=O) groups is 1. The van der Waals surface area contributed by atoms with Gasteiger partial charge in [0.15, 0.2) is 0 Å². The largest absolute Gasteiger partial charge is 0.349 e. The molecular formula is C15H26N4O3S. The Kier molecular flexibility index (Phi) is 5.83. The lowest BCUT2D eigenvalue weighted by Gasteiger charge is -2.26. The predicted molar refractivity (Wildman–Crippen MR) is 88.9 cm³/mol. The van der Waals surface area contributed by atoms with Gasteiger partial charge in [-0.15, -0.1) is 0 Å². The standard InChI is InChI=1S/C15H26N4O3S/c1-4-12(19-7-5-6-8-19)10-17-15(20)14-9-13(11-18(14)3)23(21,22)16-2/h9,11-12,16H,4-8,10H2,1-3H3,(H,17,20). The summed E-state index contributed by atoms with van der Waals surface area (Å²) in [6, 6.07) is 1.74. The minimum Gasteiger partial charge on any atom is -0.349 e. The summed E-state index contributed by atoms with van der Waals surface area (Å²) >= 11 is 0. The highest BCUT2D eigenvalue weighted by molar-refractivity contribution is 7.89. The van der Waals surface area contributed by atoms with Crippen LogP contribution >= 0.6 is 0 Å². The number of aromatic nitrogens is 1. The van der Waals surface area contributed by atoms with Crippen LogP contribution in [0, 0.1) is 0 Å². The van der Waals surface area contributed by atoms with Gasteiger partial charge in [-0.25, -0.2) is 13.1 Å². The van der Waals surface area contributed by atoms with Crippen LogP contribution in [0.4, 0.5) is 0 Å². The first kappa shape index (κ1) is 18.0. The number of amides is 1. The third kappa shape index (κ3) is 4.13. The van der Waals surface area contributed by atoms with Crippen molar-refractivity contribution in [3.05, 3.63) is 18.0 Å². The van der Waals surface area contributed by atoms with E-state index < -0.39 is 10.0 Å². The molecule has 1 aliphatic heterocycles. The minimum absolute atomic E-state index is 0.0965. The third-order valence-corrected chi connectivity index (χ3v) is 5.80. The Morgan fingerprint density at radius 2 is 2.00 bits per heavy atom. The maximum Gasteiger partial charge on any atom is 0.267 e. The van der Waals surface area contributed by atoms with Crippen LogP contribution in [0.15, 0.2) is 17.2 Å². The molecule has 1 atom stereocenters. The maximum absolute atomic E-state index is 12.4. The van der Waals surface area contributed by atoms with Crippen molar-refractivity contribution in [3.8, 4) is 0 Å². The Morgan fingerprint density at radius 3 is 2.57 bits per heavy atom. The molecular weight excluding hydrogens is 316 g/mol. The third-order valence-electron chi connectivity index (χ3n) is 4.42. The molecule has 1 aromatic heterocycles. The summed E-state index contributed by atoms with van der Waals surface area (Å²) in [6.07, 6.45) is 4.85. The highest BCUT2D eigenvalue weighted by Crippen LogP contribution is 2.15. The Labute approximate surface area is 138 Å². The quantitative estimate of drug-likeness (QED) is 0.757. The van der Waals surface area contributed by atoms with Gasteiger partial charge in [0.05, 0.1) is 0 Å². The molecule has 23 heavy (non-hydrogen) atoms. The molecule has 7 nitrogen and oxygen atoms in total. The van der Waals surface area contributed by atoms with E-state index in [0.29, 0.717) is 18.3 Å². The van der Waals surface area contributed by atoms with Crippen LogP contribution in [-0.4, -0.2) is 56.5 Å². The lowest BCUT2D eigenvalue weighted by atomic mass is 10.2. The van der Waals surface area contributed by atoms with E-state index in [-0.39, 0.29) is 10.8 Å². The van der Waals surface area contributed by atoms with Crippen LogP contribution in [0.5, 0.6) is 0 Å². The number of aryl methyl sites for hydroxylation is 1. The zero-order valence-corrected chi connectivity index (χ0v) is 14.8. The van der Waals surface area contributed by atoms with Gasteiger partial charge in [-0.2, -0.15) is 0 Å². The Hall–Kier alpha value is -1.38. The van der Waals surface area contributed by atoms with Gasteiger partial charge < -0.3 is 9.88 Å². The van der Waals surface area contributed by atoms with Crippen molar-refractivity contribution < 1.29 is 13.2 Å². The van der Waals surface area contributed by atoms with E-state index in [4.69, 9.17) is 0 Å². The van der Waals surface area contributed by atoms with Gasteiger partial charge >= 0.3 is 0 Å². The van der Waals surface area contributed by atoms with Gasteiger partial charge in [0.2, 0.25) is 10.0 Å². The van der Waals surface area contributed by atoms with Crippen LogP contribution < -0.4 is 10.0 Å². The molecule has 0 aromatic carbocycles. The second-order valence-electron chi connectivity index (χ2n) is 5.89. The molecule has 1 aromatic rings. The molecule has 1 fully saturated rings. The molecule has 2 heterocycles. The van der Waals surface area contributed by atoms with E-state index in [0.717, 1.165) is 19.5 Å². The molecule has 0 saturated carbocycles. The normalized spacial score (nSPS) is 17.3. The summed E-state index contributed by atoms with van der Waals surface area (Å²) in [5.74, 6) is -0.248. The van der Waals surface area contributed by atoms with Crippen molar-refractivity contribution in [3.63, 3.8) is 0 Å². The zero-order chi connectivity index (χ0) is 17.0. The molecule has 2 N–H and O–H groups in total. The van der Waals surface area contributed by atoms with E-state index in [1.807, 2.05) is 0 Å². The van der Waals surface area contributed by atoms with Gasteiger partial charge in [-0.05, 0) is 45.5 Å². The fraction of sp³-hybridized carbons (Fsp3) is 0.667. The Balaban J connectivity index is 2.03. The van der Waals surface area contributed by atoms with Crippen molar-refractivity contribution in [1.29, 1.82) is 0 Å². The second-order valence-corrected chi connectivity index (χ2v) is 7.78. The lowest BCUT2D eigenvalue weighted by molar-refractivity contribution is 0.0929. The van der Waals surface area contributed by atoms with Crippen molar-refractivity contribution >= 4 is 15.9 Å². The highest BCUT2D eigenvalue weighted by Gasteiger charge is 2.23. The number of sulfonamides is 1. The molecule has 8 heteroatoms. The number of hydrogen-bond acceptors (Lipinski definition) is 4. The highest BCUT2D eigenvalue weighted by atomic mass is 32.2. The molecule has 0 bridgehead atoms. The SMILES string of the molecule is CCC(CNC(=O)c1cc(S(=O)(=O)NC)cn1C)N1CCCC1. The van der Waals surface area contributed by atoms with E-state index in [1.54, 1.807) is 7.05 Å². The van der Waals surface area contributed by atoms with Gasteiger partial charge in [0, 0.05) is 25.8 Å². The van der Waals surface area contributed by atoms with Crippen LogP contribution in [0.2, 0.25) is 0 Å². The van der Waals surface area contributed by atoms with Crippen LogP contribution in [-0.2, 0) is 17.1 Å². The summed E-state index contributed by atoms with van der Waals surface area (Å²) < 4.78 is 27.4.